The number of nitrogens with one attached hydrogen (secondary N) is 1. The van der Waals surface area contributed by atoms with Crippen LogP contribution in [0.1, 0.15) is 21.8 Å². The van der Waals surface area contributed by atoms with Gasteiger partial charge in [0.2, 0.25) is 0 Å². The van der Waals surface area contributed by atoms with E-state index in [0.717, 1.165) is 5.56 Å². The molecule has 9 heteroatoms. The van der Waals surface area contributed by atoms with E-state index in [0.29, 0.717) is 35.5 Å². The van der Waals surface area contributed by atoms with Gasteiger partial charge in [-0.05, 0) is 29.8 Å². The highest BCUT2D eigenvalue weighted by Gasteiger charge is 2.31. The third-order valence-electron chi connectivity index (χ3n) is 4.34. The second-order valence-electron chi connectivity index (χ2n) is 6.26. The maximum atomic E-state index is 12.7. The SMILES string of the molecule is O=C(NCc1ccco1)c1csc(N2CCN(Cc3ccc(Cl)cc3)C2=O)n1. The fourth-order valence-corrected chi connectivity index (χ4v) is 3.83. The number of rotatable bonds is 6. The van der Waals surface area contributed by atoms with Crippen molar-refractivity contribution >= 4 is 40.0 Å². The van der Waals surface area contributed by atoms with Crippen LogP contribution in [0.5, 0.6) is 0 Å². The van der Waals surface area contributed by atoms with Crippen molar-refractivity contribution in [3.8, 4) is 0 Å². The van der Waals surface area contributed by atoms with Gasteiger partial charge in [0.05, 0.1) is 12.8 Å². The lowest BCUT2D eigenvalue weighted by Gasteiger charge is -2.17. The average molecular weight is 417 g/mol. The number of halogens is 1. The summed E-state index contributed by atoms with van der Waals surface area (Å²) in [5, 5.41) is 5.59. The van der Waals surface area contributed by atoms with Crippen molar-refractivity contribution in [3.05, 3.63) is 70.1 Å². The zero-order valence-electron chi connectivity index (χ0n) is 14.8. The first-order valence-corrected chi connectivity index (χ1v) is 9.93. The number of hydrogen-bond acceptors (Lipinski definition) is 5. The molecule has 1 fully saturated rings. The minimum atomic E-state index is -0.302. The summed E-state index contributed by atoms with van der Waals surface area (Å²) < 4.78 is 5.19. The third-order valence-corrected chi connectivity index (χ3v) is 5.46. The smallest absolute Gasteiger partial charge is 0.326 e. The molecule has 1 saturated heterocycles. The van der Waals surface area contributed by atoms with E-state index in [-0.39, 0.29) is 24.2 Å². The highest BCUT2D eigenvalue weighted by atomic mass is 35.5. The van der Waals surface area contributed by atoms with Gasteiger partial charge in [-0.1, -0.05) is 23.7 Å². The summed E-state index contributed by atoms with van der Waals surface area (Å²) in [4.78, 5) is 32.7. The predicted octanol–water partition coefficient (Wildman–Crippen LogP) is 3.76. The Morgan fingerprint density at radius 1 is 1.25 bits per heavy atom. The number of furan rings is 1. The Bertz CT molecular complexity index is 971. The summed E-state index contributed by atoms with van der Waals surface area (Å²) in [5.74, 6) is 0.361. The highest BCUT2D eigenvalue weighted by molar-refractivity contribution is 7.14. The quantitative estimate of drug-likeness (QED) is 0.663. The van der Waals surface area contributed by atoms with E-state index in [4.69, 9.17) is 16.0 Å². The molecule has 144 valence electrons. The number of aromatic nitrogens is 1. The molecule has 0 radical (unpaired) electrons. The highest BCUT2D eigenvalue weighted by Crippen LogP contribution is 2.25. The number of hydrogen-bond donors (Lipinski definition) is 1. The van der Waals surface area contributed by atoms with Gasteiger partial charge in [-0.2, -0.15) is 0 Å². The molecule has 0 saturated carbocycles. The molecule has 0 bridgehead atoms. The van der Waals surface area contributed by atoms with E-state index in [2.05, 4.69) is 10.3 Å². The molecule has 0 unspecified atom stereocenters. The summed E-state index contributed by atoms with van der Waals surface area (Å²) in [6, 6.07) is 10.9. The normalized spacial score (nSPS) is 14.0. The van der Waals surface area contributed by atoms with E-state index < -0.39 is 0 Å². The Labute approximate surface area is 170 Å². The molecule has 3 amide bonds. The van der Waals surface area contributed by atoms with Crippen molar-refractivity contribution in [2.24, 2.45) is 0 Å². The van der Waals surface area contributed by atoms with Gasteiger partial charge in [-0.15, -0.1) is 11.3 Å². The maximum Gasteiger partial charge on any atom is 0.326 e. The number of thiazole rings is 1. The molecule has 2 aromatic heterocycles. The monoisotopic (exact) mass is 416 g/mol. The van der Waals surface area contributed by atoms with Crippen LogP contribution in [0, 0.1) is 0 Å². The number of anilines is 1. The molecule has 3 heterocycles. The zero-order chi connectivity index (χ0) is 19.5. The van der Waals surface area contributed by atoms with E-state index >= 15 is 0 Å². The second-order valence-corrected chi connectivity index (χ2v) is 7.53. The van der Waals surface area contributed by atoms with Gasteiger partial charge in [0.1, 0.15) is 11.5 Å². The number of carbonyl (C=O) groups excluding carboxylic acids is 2. The van der Waals surface area contributed by atoms with Gasteiger partial charge in [0.15, 0.2) is 5.13 Å². The average Bonchev–Trinajstić information content (AvgIpc) is 3.44. The van der Waals surface area contributed by atoms with Crippen LogP contribution in [0.4, 0.5) is 9.93 Å². The summed E-state index contributed by atoms with van der Waals surface area (Å²) in [7, 11) is 0. The van der Waals surface area contributed by atoms with Crippen LogP contribution in [0.15, 0.2) is 52.5 Å². The summed E-state index contributed by atoms with van der Waals surface area (Å²) in [6.45, 7) is 1.93. The van der Waals surface area contributed by atoms with Crippen LogP contribution >= 0.6 is 22.9 Å². The molecule has 1 aliphatic rings. The lowest BCUT2D eigenvalue weighted by atomic mass is 10.2. The Kier molecular flexibility index (Phi) is 5.31. The van der Waals surface area contributed by atoms with E-state index in [1.165, 1.54) is 11.3 Å². The molecule has 0 atom stereocenters. The lowest BCUT2D eigenvalue weighted by Crippen LogP contribution is -2.31. The summed E-state index contributed by atoms with van der Waals surface area (Å²) >= 11 is 7.18. The van der Waals surface area contributed by atoms with Crippen molar-refractivity contribution in [2.45, 2.75) is 13.1 Å². The number of amides is 3. The van der Waals surface area contributed by atoms with E-state index in [9.17, 15) is 9.59 Å². The molecule has 1 N–H and O–H groups in total. The molecule has 1 aliphatic heterocycles. The van der Waals surface area contributed by atoms with Crippen LogP contribution < -0.4 is 10.2 Å². The fourth-order valence-electron chi connectivity index (χ4n) is 2.88. The third kappa shape index (κ3) is 4.02. The zero-order valence-corrected chi connectivity index (χ0v) is 16.4. The summed E-state index contributed by atoms with van der Waals surface area (Å²) in [6.07, 6.45) is 1.55. The lowest BCUT2D eigenvalue weighted by molar-refractivity contribution is 0.0943. The molecular weight excluding hydrogens is 400 g/mol. The van der Waals surface area contributed by atoms with Crippen molar-refractivity contribution in [2.75, 3.05) is 18.0 Å². The van der Waals surface area contributed by atoms with Crippen LogP contribution in [-0.2, 0) is 13.1 Å². The van der Waals surface area contributed by atoms with Crippen LogP contribution in [0.3, 0.4) is 0 Å². The first-order valence-electron chi connectivity index (χ1n) is 8.67. The molecule has 7 nitrogen and oxygen atoms in total. The van der Waals surface area contributed by atoms with Gasteiger partial charge in [0, 0.05) is 30.0 Å². The van der Waals surface area contributed by atoms with Crippen LogP contribution in [0.2, 0.25) is 5.02 Å². The molecule has 3 aromatic rings. The molecule has 0 aliphatic carbocycles. The van der Waals surface area contributed by atoms with Crippen molar-refractivity contribution in [3.63, 3.8) is 0 Å². The first-order chi connectivity index (χ1) is 13.6. The maximum absolute atomic E-state index is 12.7. The fraction of sp³-hybridized carbons (Fsp3) is 0.211. The Hall–Kier alpha value is -2.84. The van der Waals surface area contributed by atoms with Crippen LogP contribution in [-0.4, -0.2) is 34.9 Å². The minimum Gasteiger partial charge on any atom is -0.467 e. The number of benzene rings is 1. The summed E-state index contributed by atoms with van der Waals surface area (Å²) in [5.41, 5.74) is 1.30. The minimum absolute atomic E-state index is 0.119. The molecule has 4 rings (SSSR count). The van der Waals surface area contributed by atoms with Gasteiger partial charge >= 0.3 is 6.03 Å². The largest absolute Gasteiger partial charge is 0.467 e. The first kappa shape index (κ1) is 18.5. The molecular formula is C19H17ClN4O3S. The van der Waals surface area contributed by atoms with E-state index in [1.54, 1.807) is 33.6 Å². The topological polar surface area (TPSA) is 78.7 Å². The van der Waals surface area contributed by atoms with Gasteiger partial charge in [0.25, 0.3) is 5.91 Å². The predicted molar refractivity (Wildman–Crippen MR) is 107 cm³/mol. The number of urea groups is 1. The Morgan fingerprint density at radius 3 is 2.82 bits per heavy atom. The second kappa shape index (κ2) is 8.04. The molecule has 1 aromatic carbocycles. The van der Waals surface area contributed by atoms with E-state index in [1.807, 2.05) is 24.3 Å². The molecule has 28 heavy (non-hydrogen) atoms. The number of carbonyl (C=O) groups is 2. The van der Waals surface area contributed by atoms with Gasteiger partial charge in [-0.25, -0.2) is 9.78 Å². The van der Waals surface area contributed by atoms with Crippen molar-refractivity contribution in [1.29, 1.82) is 0 Å². The van der Waals surface area contributed by atoms with Crippen molar-refractivity contribution in [1.82, 2.24) is 15.2 Å². The van der Waals surface area contributed by atoms with Gasteiger partial charge < -0.3 is 14.6 Å². The Balaban J connectivity index is 1.37. The number of nitrogens with zero attached hydrogens (tertiary/aromatic N) is 3. The van der Waals surface area contributed by atoms with Gasteiger partial charge in [-0.3, -0.25) is 9.69 Å². The molecule has 0 spiro atoms. The standard InChI is InChI=1S/C19H17ClN4O3S/c20-14-5-3-13(4-6-14)11-23-7-8-24(19(23)26)18-22-16(12-28-18)17(25)21-10-15-2-1-9-27-15/h1-6,9,12H,7-8,10-11H2,(H,21,25). The van der Waals surface area contributed by atoms with Crippen molar-refractivity contribution < 1.29 is 14.0 Å². The Morgan fingerprint density at radius 2 is 2.07 bits per heavy atom. The van der Waals surface area contributed by atoms with Crippen LogP contribution in [0.25, 0.3) is 0 Å².